The zero-order chi connectivity index (χ0) is 19.2. The largest absolute Gasteiger partial charge is 0.480 e. The SMILES string of the molecule is CC(C)C(NS(=O)(=O)c1ccc2oc3cc(N)c(Br)cc3c2c1)C(=O)O. The van der Waals surface area contributed by atoms with Gasteiger partial charge in [-0.05, 0) is 46.1 Å². The summed E-state index contributed by atoms with van der Waals surface area (Å²) in [6.07, 6.45) is 0. The second-order valence-electron chi connectivity index (χ2n) is 6.31. The number of carboxylic acid groups (broad SMARTS) is 1. The average Bonchev–Trinajstić information content (AvgIpc) is 2.89. The normalized spacial score (nSPS) is 13.5. The number of nitrogen functional groups attached to an aromatic ring is 1. The van der Waals surface area contributed by atoms with E-state index < -0.39 is 28.0 Å². The Hall–Kier alpha value is -2.10. The third-order valence-corrected chi connectivity index (χ3v) is 6.21. The molecular formula is C17H17BrN2O5S. The van der Waals surface area contributed by atoms with E-state index in [1.165, 1.54) is 12.1 Å². The number of furan rings is 1. The number of carboxylic acids is 1. The molecule has 0 aliphatic carbocycles. The highest BCUT2D eigenvalue weighted by Gasteiger charge is 2.28. The van der Waals surface area contributed by atoms with Gasteiger partial charge in [-0.15, -0.1) is 0 Å². The molecule has 138 valence electrons. The molecule has 0 spiro atoms. The molecule has 1 unspecified atom stereocenters. The minimum absolute atomic E-state index is 0.0347. The highest BCUT2D eigenvalue weighted by atomic mass is 79.9. The first-order valence-electron chi connectivity index (χ1n) is 7.76. The molecule has 0 bridgehead atoms. The first-order valence-corrected chi connectivity index (χ1v) is 10.0. The molecule has 0 aliphatic rings. The number of fused-ring (bicyclic) bond motifs is 3. The third-order valence-electron chi connectivity index (χ3n) is 4.09. The van der Waals surface area contributed by atoms with Gasteiger partial charge < -0.3 is 15.3 Å². The summed E-state index contributed by atoms with van der Waals surface area (Å²) in [5.41, 5.74) is 7.40. The van der Waals surface area contributed by atoms with E-state index in [-0.39, 0.29) is 4.90 Å². The van der Waals surface area contributed by atoms with E-state index in [4.69, 9.17) is 10.2 Å². The van der Waals surface area contributed by atoms with Crippen molar-refractivity contribution in [2.75, 3.05) is 5.73 Å². The quantitative estimate of drug-likeness (QED) is 0.522. The molecule has 4 N–H and O–H groups in total. The van der Waals surface area contributed by atoms with E-state index in [1.54, 1.807) is 32.0 Å². The number of carbonyl (C=O) groups is 1. The fraction of sp³-hybridized carbons (Fsp3) is 0.235. The van der Waals surface area contributed by atoms with Crippen LogP contribution in [0.2, 0.25) is 0 Å². The average molecular weight is 441 g/mol. The highest BCUT2D eigenvalue weighted by Crippen LogP contribution is 2.35. The molecule has 2 aromatic carbocycles. The molecule has 9 heteroatoms. The molecule has 0 fully saturated rings. The lowest BCUT2D eigenvalue weighted by molar-refractivity contribution is -0.140. The molecule has 0 amide bonds. The van der Waals surface area contributed by atoms with Crippen molar-refractivity contribution >= 4 is 59.5 Å². The Bertz CT molecular complexity index is 1120. The Morgan fingerprint density at radius 3 is 2.46 bits per heavy atom. The molecule has 0 aliphatic heterocycles. The molecule has 1 heterocycles. The lowest BCUT2D eigenvalue weighted by Crippen LogP contribution is -2.44. The highest BCUT2D eigenvalue weighted by molar-refractivity contribution is 9.10. The molecule has 26 heavy (non-hydrogen) atoms. The summed E-state index contributed by atoms with van der Waals surface area (Å²) in [6.45, 7) is 3.27. The standard InChI is InChI=1S/C17H17BrN2O5S/c1-8(2)16(17(21)22)20-26(23,24)9-3-4-14-10(5-9)11-6-12(18)13(19)7-15(11)25-14/h3-8,16,20H,19H2,1-2H3,(H,21,22). The van der Waals surface area contributed by atoms with Crippen LogP contribution in [-0.2, 0) is 14.8 Å². The predicted molar refractivity (Wildman–Crippen MR) is 102 cm³/mol. The van der Waals surface area contributed by atoms with Gasteiger partial charge in [0.05, 0.1) is 4.90 Å². The Labute approximate surface area is 158 Å². The van der Waals surface area contributed by atoms with Gasteiger partial charge in [0.15, 0.2) is 0 Å². The van der Waals surface area contributed by atoms with Gasteiger partial charge in [0.2, 0.25) is 10.0 Å². The van der Waals surface area contributed by atoms with Crippen LogP contribution in [0.25, 0.3) is 21.9 Å². The van der Waals surface area contributed by atoms with Crippen LogP contribution in [-0.4, -0.2) is 25.5 Å². The second-order valence-corrected chi connectivity index (χ2v) is 8.88. The second kappa shape index (κ2) is 6.57. The number of sulfonamides is 1. The van der Waals surface area contributed by atoms with E-state index in [2.05, 4.69) is 20.7 Å². The van der Waals surface area contributed by atoms with Crippen molar-refractivity contribution in [2.45, 2.75) is 24.8 Å². The van der Waals surface area contributed by atoms with Crippen LogP contribution in [0, 0.1) is 5.92 Å². The molecule has 0 saturated carbocycles. The number of hydrogen-bond donors (Lipinski definition) is 3. The maximum absolute atomic E-state index is 12.6. The van der Waals surface area contributed by atoms with Crippen LogP contribution in [0.5, 0.6) is 0 Å². The van der Waals surface area contributed by atoms with Crippen LogP contribution in [0.3, 0.4) is 0 Å². The number of nitrogens with one attached hydrogen (secondary N) is 1. The van der Waals surface area contributed by atoms with Crippen molar-refractivity contribution in [1.82, 2.24) is 4.72 Å². The van der Waals surface area contributed by atoms with Gasteiger partial charge >= 0.3 is 5.97 Å². The first-order chi connectivity index (χ1) is 12.1. The minimum Gasteiger partial charge on any atom is -0.480 e. The zero-order valence-electron chi connectivity index (χ0n) is 14.0. The first kappa shape index (κ1) is 18.7. The maximum atomic E-state index is 12.6. The van der Waals surface area contributed by atoms with Crippen molar-refractivity contribution in [3.8, 4) is 0 Å². The van der Waals surface area contributed by atoms with E-state index in [1.807, 2.05) is 0 Å². The summed E-state index contributed by atoms with van der Waals surface area (Å²) in [4.78, 5) is 11.3. The van der Waals surface area contributed by atoms with Gasteiger partial charge in [0, 0.05) is 27.0 Å². The summed E-state index contributed by atoms with van der Waals surface area (Å²) in [7, 11) is -4.01. The monoisotopic (exact) mass is 440 g/mol. The number of nitrogens with two attached hydrogens (primary N) is 1. The van der Waals surface area contributed by atoms with Gasteiger partial charge in [-0.2, -0.15) is 4.72 Å². The lowest BCUT2D eigenvalue weighted by atomic mass is 10.1. The van der Waals surface area contributed by atoms with Crippen LogP contribution in [0.15, 0.2) is 44.1 Å². The predicted octanol–water partition coefficient (Wildman–Crippen LogP) is 3.32. The molecule has 7 nitrogen and oxygen atoms in total. The number of rotatable bonds is 5. The van der Waals surface area contributed by atoms with Crippen molar-refractivity contribution in [1.29, 1.82) is 0 Å². The molecule has 1 atom stereocenters. The number of halogens is 1. The number of aliphatic carboxylic acids is 1. The van der Waals surface area contributed by atoms with Crippen molar-refractivity contribution < 1.29 is 22.7 Å². The summed E-state index contributed by atoms with van der Waals surface area (Å²) in [6, 6.07) is 6.58. The maximum Gasteiger partial charge on any atom is 0.322 e. The van der Waals surface area contributed by atoms with Gasteiger partial charge in [-0.1, -0.05) is 13.8 Å². The van der Waals surface area contributed by atoms with Crippen molar-refractivity contribution in [2.24, 2.45) is 5.92 Å². The molecule has 3 rings (SSSR count). The molecule has 0 saturated heterocycles. The Morgan fingerprint density at radius 1 is 1.19 bits per heavy atom. The van der Waals surface area contributed by atoms with E-state index in [9.17, 15) is 18.3 Å². The molecule has 0 radical (unpaired) electrons. The minimum atomic E-state index is -4.01. The van der Waals surface area contributed by atoms with Crippen LogP contribution in [0.4, 0.5) is 5.69 Å². The topological polar surface area (TPSA) is 123 Å². The molecular weight excluding hydrogens is 424 g/mol. The lowest BCUT2D eigenvalue weighted by Gasteiger charge is -2.17. The van der Waals surface area contributed by atoms with Gasteiger partial charge in [-0.25, -0.2) is 8.42 Å². The van der Waals surface area contributed by atoms with Crippen LogP contribution >= 0.6 is 15.9 Å². The van der Waals surface area contributed by atoms with E-state index in [0.29, 0.717) is 32.1 Å². The Kier molecular flexibility index (Phi) is 4.72. The van der Waals surface area contributed by atoms with E-state index in [0.717, 1.165) is 0 Å². The van der Waals surface area contributed by atoms with E-state index >= 15 is 0 Å². The molecule has 3 aromatic rings. The van der Waals surface area contributed by atoms with Crippen molar-refractivity contribution in [3.63, 3.8) is 0 Å². The van der Waals surface area contributed by atoms with Crippen LogP contribution in [0.1, 0.15) is 13.8 Å². The smallest absolute Gasteiger partial charge is 0.322 e. The van der Waals surface area contributed by atoms with Gasteiger partial charge in [-0.3, -0.25) is 4.79 Å². The summed E-state index contributed by atoms with van der Waals surface area (Å²) < 4.78 is 33.9. The van der Waals surface area contributed by atoms with Crippen LogP contribution < -0.4 is 10.5 Å². The number of benzene rings is 2. The number of anilines is 1. The van der Waals surface area contributed by atoms with Gasteiger partial charge in [0.25, 0.3) is 0 Å². The molecule has 1 aromatic heterocycles. The fourth-order valence-corrected chi connectivity index (χ4v) is 4.37. The third kappa shape index (κ3) is 3.29. The fourth-order valence-electron chi connectivity index (χ4n) is 2.67. The zero-order valence-corrected chi connectivity index (χ0v) is 16.4. The van der Waals surface area contributed by atoms with Gasteiger partial charge in [0.1, 0.15) is 17.2 Å². The Balaban J connectivity index is 2.12. The number of hydrogen-bond acceptors (Lipinski definition) is 5. The summed E-state index contributed by atoms with van der Waals surface area (Å²) in [5, 5.41) is 10.5. The van der Waals surface area contributed by atoms with Crippen molar-refractivity contribution in [3.05, 3.63) is 34.8 Å². The summed E-state index contributed by atoms with van der Waals surface area (Å²) in [5.74, 6) is -1.63. The Morgan fingerprint density at radius 2 is 1.85 bits per heavy atom. The summed E-state index contributed by atoms with van der Waals surface area (Å²) >= 11 is 3.35.